The maximum atomic E-state index is 12.7. The first-order chi connectivity index (χ1) is 6.69. The van der Waals surface area contributed by atoms with Gasteiger partial charge < -0.3 is 10.2 Å². The summed E-state index contributed by atoms with van der Waals surface area (Å²) in [5, 5.41) is 0. The minimum absolute atomic E-state index is 0.212. The highest BCUT2D eigenvalue weighted by molar-refractivity contribution is 5.95. The molecule has 0 aliphatic heterocycles. The SMILES string of the molecule is CCOC(=O)c1ccc(F)cc1NN. The molecule has 14 heavy (non-hydrogen) atoms. The zero-order chi connectivity index (χ0) is 10.6. The van der Waals surface area contributed by atoms with E-state index >= 15 is 0 Å². The van der Waals surface area contributed by atoms with Gasteiger partial charge in [-0.2, -0.15) is 0 Å². The summed E-state index contributed by atoms with van der Waals surface area (Å²) < 4.78 is 17.5. The molecule has 4 nitrogen and oxygen atoms in total. The molecule has 0 spiro atoms. The Kier molecular flexibility index (Phi) is 3.41. The van der Waals surface area contributed by atoms with E-state index in [0.717, 1.165) is 6.07 Å². The second-order valence-corrected chi connectivity index (χ2v) is 2.55. The lowest BCUT2D eigenvalue weighted by Gasteiger charge is -2.07. The van der Waals surface area contributed by atoms with Crippen molar-refractivity contribution in [1.29, 1.82) is 0 Å². The summed E-state index contributed by atoms with van der Waals surface area (Å²) in [5.41, 5.74) is 2.66. The number of hydrogen-bond acceptors (Lipinski definition) is 4. The van der Waals surface area contributed by atoms with Gasteiger partial charge in [-0.1, -0.05) is 0 Å². The van der Waals surface area contributed by atoms with Crippen molar-refractivity contribution in [2.75, 3.05) is 12.0 Å². The van der Waals surface area contributed by atoms with E-state index in [1.807, 2.05) is 0 Å². The van der Waals surface area contributed by atoms with Gasteiger partial charge in [0.05, 0.1) is 17.9 Å². The molecule has 0 bridgehead atoms. The minimum atomic E-state index is -0.527. The summed E-state index contributed by atoms with van der Waals surface area (Å²) in [5.74, 6) is 4.14. The van der Waals surface area contributed by atoms with Crippen molar-refractivity contribution >= 4 is 11.7 Å². The molecular weight excluding hydrogens is 187 g/mol. The van der Waals surface area contributed by atoms with Crippen LogP contribution in [-0.2, 0) is 4.74 Å². The van der Waals surface area contributed by atoms with Gasteiger partial charge in [0.1, 0.15) is 5.82 Å². The molecule has 0 aliphatic rings. The van der Waals surface area contributed by atoms with Crippen LogP contribution >= 0.6 is 0 Å². The van der Waals surface area contributed by atoms with Gasteiger partial charge in [-0.3, -0.25) is 5.84 Å². The minimum Gasteiger partial charge on any atom is -0.462 e. The van der Waals surface area contributed by atoms with Crippen molar-refractivity contribution < 1.29 is 13.9 Å². The third-order valence-electron chi connectivity index (χ3n) is 1.63. The summed E-state index contributed by atoms with van der Waals surface area (Å²) in [6.45, 7) is 1.96. The van der Waals surface area contributed by atoms with Crippen molar-refractivity contribution in [3.8, 4) is 0 Å². The van der Waals surface area contributed by atoms with Gasteiger partial charge in [0, 0.05) is 0 Å². The zero-order valence-corrected chi connectivity index (χ0v) is 7.71. The van der Waals surface area contributed by atoms with E-state index in [1.165, 1.54) is 12.1 Å². The third kappa shape index (κ3) is 2.20. The number of nitrogen functional groups attached to an aromatic ring is 1. The van der Waals surface area contributed by atoms with Crippen molar-refractivity contribution in [3.63, 3.8) is 0 Å². The average Bonchev–Trinajstić information content (AvgIpc) is 2.17. The molecule has 1 rings (SSSR count). The van der Waals surface area contributed by atoms with Gasteiger partial charge >= 0.3 is 5.97 Å². The Labute approximate surface area is 80.8 Å². The molecule has 0 aliphatic carbocycles. The summed E-state index contributed by atoms with van der Waals surface area (Å²) in [6, 6.07) is 3.63. The third-order valence-corrected chi connectivity index (χ3v) is 1.63. The van der Waals surface area contributed by atoms with E-state index in [0.29, 0.717) is 0 Å². The number of hydrogen-bond donors (Lipinski definition) is 2. The maximum absolute atomic E-state index is 12.7. The first-order valence-corrected chi connectivity index (χ1v) is 4.12. The fourth-order valence-corrected chi connectivity index (χ4v) is 1.02. The molecular formula is C9H11FN2O2. The van der Waals surface area contributed by atoms with Gasteiger partial charge in [0.15, 0.2) is 0 Å². The van der Waals surface area contributed by atoms with E-state index < -0.39 is 11.8 Å². The number of esters is 1. The predicted octanol–water partition coefficient (Wildman–Crippen LogP) is 1.29. The van der Waals surface area contributed by atoms with Crippen LogP contribution in [-0.4, -0.2) is 12.6 Å². The Balaban J connectivity index is 3.01. The Bertz CT molecular complexity index is 342. The topological polar surface area (TPSA) is 64.3 Å². The second-order valence-electron chi connectivity index (χ2n) is 2.55. The first-order valence-electron chi connectivity index (χ1n) is 4.12. The van der Waals surface area contributed by atoms with Crippen LogP contribution in [0.5, 0.6) is 0 Å². The fraction of sp³-hybridized carbons (Fsp3) is 0.222. The summed E-state index contributed by atoms with van der Waals surface area (Å²) >= 11 is 0. The van der Waals surface area contributed by atoms with Crippen molar-refractivity contribution in [1.82, 2.24) is 0 Å². The predicted molar refractivity (Wildman–Crippen MR) is 50.2 cm³/mol. The quantitative estimate of drug-likeness (QED) is 0.436. The van der Waals surface area contributed by atoms with Crippen molar-refractivity contribution in [3.05, 3.63) is 29.6 Å². The number of nitrogens with two attached hydrogens (primary N) is 1. The van der Waals surface area contributed by atoms with E-state index in [-0.39, 0.29) is 17.9 Å². The first kappa shape index (κ1) is 10.5. The van der Waals surface area contributed by atoms with Crippen LogP contribution in [0.3, 0.4) is 0 Å². The van der Waals surface area contributed by atoms with Gasteiger partial charge in [-0.15, -0.1) is 0 Å². The van der Waals surface area contributed by atoms with Crippen LogP contribution in [0.1, 0.15) is 17.3 Å². The molecule has 0 saturated carbocycles. The molecule has 1 aromatic carbocycles. The molecule has 0 fully saturated rings. The summed E-state index contributed by atoms with van der Waals surface area (Å²) in [7, 11) is 0. The van der Waals surface area contributed by atoms with E-state index in [1.54, 1.807) is 6.92 Å². The molecule has 0 heterocycles. The standard InChI is InChI=1S/C9H11FN2O2/c1-2-14-9(13)7-4-3-6(10)5-8(7)12-11/h3-5,12H,2,11H2,1H3. The van der Waals surface area contributed by atoms with Crippen LogP contribution in [0, 0.1) is 5.82 Å². The normalized spacial score (nSPS) is 9.64. The Hall–Kier alpha value is -1.62. The van der Waals surface area contributed by atoms with E-state index in [9.17, 15) is 9.18 Å². The lowest BCUT2D eigenvalue weighted by Crippen LogP contribution is -2.14. The number of ether oxygens (including phenoxy) is 1. The molecule has 0 unspecified atom stereocenters. The number of carbonyl (C=O) groups excluding carboxylic acids is 1. The summed E-state index contributed by atoms with van der Waals surface area (Å²) in [4.78, 5) is 11.3. The molecule has 0 radical (unpaired) electrons. The lowest BCUT2D eigenvalue weighted by molar-refractivity contribution is 0.0527. The second kappa shape index (κ2) is 4.57. The van der Waals surface area contributed by atoms with Crippen LogP contribution < -0.4 is 11.3 Å². The van der Waals surface area contributed by atoms with Crippen LogP contribution in [0.2, 0.25) is 0 Å². The lowest BCUT2D eigenvalue weighted by atomic mass is 10.2. The Morgan fingerprint density at radius 2 is 2.36 bits per heavy atom. The van der Waals surface area contributed by atoms with Gasteiger partial charge in [0.2, 0.25) is 0 Å². The van der Waals surface area contributed by atoms with Crippen molar-refractivity contribution in [2.24, 2.45) is 5.84 Å². The molecule has 76 valence electrons. The zero-order valence-electron chi connectivity index (χ0n) is 7.71. The van der Waals surface area contributed by atoms with Crippen LogP contribution in [0.4, 0.5) is 10.1 Å². The van der Waals surface area contributed by atoms with Gasteiger partial charge in [-0.05, 0) is 25.1 Å². The number of hydrazine groups is 1. The monoisotopic (exact) mass is 198 g/mol. The maximum Gasteiger partial charge on any atom is 0.340 e. The molecule has 3 N–H and O–H groups in total. The number of carbonyl (C=O) groups is 1. The number of benzene rings is 1. The number of halogens is 1. The van der Waals surface area contributed by atoms with Crippen LogP contribution in [0.25, 0.3) is 0 Å². The van der Waals surface area contributed by atoms with Crippen LogP contribution in [0.15, 0.2) is 18.2 Å². The molecule has 0 aromatic heterocycles. The highest BCUT2D eigenvalue weighted by Gasteiger charge is 2.12. The van der Waals surface area contributed by atoms with Gasteiger partial charge in [-0.25, -0.2) is 9.18 Å². The highest BCUT2D eigenvalue weighted by atomic mass is 19.1. The number of rotatable bonds is 3. The van der Waals surface area contributed by atoms with E-state index in [4.69, 9.17) is 10.6 Å². The Morgan fingerprint density at radius 1 is 1.64 bits per heavy atom. The smallest absolute Gasteiger partial charge is 0.340 e. The highest BCUT2D eigenvalue weighted by Crippen LogP contribution is 2.16. The largest absolute Gasteiger partial charge is 0.462 e. The fourth-order valence-electron chi connectivity index (χ4n) is 1.02. The average molecular weight is 198 g/mol. The summed E-state index contributed by atoms with van der Waals surface area (Å²) in [6.07, 6.45) is 0. The van der Waals surface area contributed by atoms with E-state index in [2.05, 4.69) is 5.43 Å². The van der Waals surface area contributed by atoms with Crippen molar-refractivity contribution in [2.45, 2.75) is 6.92 Å². The number of nitrogens with one attached hydrogen (secondary N) is 1. The van der Waals surface area contributed by atoms with Gasteiger partial charge in [0.25, 0.3) is 0 Å². The Morgan fingerprint density at radius 3 is 2.93 bits per heavy atom. The molecule has 0 saturated heterocycles. The molecule has 5 heteroatoms. The molecule has 0 amide bonds. The molecule has 1 aromatic rings. The number of anilines is 1. The molecule has 0 atom stereocenters.